The number of unbranched alkanes of at least 4 members (excludes halogenated alkanes) is 4. The van der Waals surface area contributed by atoms with E-state index in [-0.39, 0.29) is 12.2 Å². The molecule has 0 N–H and O–H groups in total. The molecule has 0 radical (unpaired) electrons. The molecule has 0 saturated carbocycles. The molecule has 0 unspecified atom stereocenters. The van der Waals surface area contributed by atoms with E-state index in [1.807, 2.05) is 0 Å². The predicted octanol–water partition coefficient (Wildman–Crippen LogP) is 5.80. The van der Waals surface area contributed by atoms with E-state index in [2.05, 4.69) is 11.7 Å². The Hall–Kier alpha value is -2.33. The number of halogens is 7. The van der Waals surface area contributed by atoms with E-state index >= 15 is 0 Å². The van der Waals surface area contributed by atoms with Gasteiger partial charge < -0.3 is 9.47 Å². The fourth-order valence-corrected chi connectivity index (χ4v) is 2.23. The van der Waals surface area contributed by atoms with Crippen molar-refractivity contribution in [3.05, 3.63) is 35.4 Å². The first-order valence-electron chi connectivity index (χ1n) is 9.10. The molecule has 1 aromatic rings. The molecule has 0 atom stereocenters. The van der Waals surface area contributed by atoms with Crippen LogP contribution < -0.4 is 0 Å². The monoisotopic (exact) mass is 446 g/mol. The molecule has 0 fully saturated rings. The number of hydrogen-bond donors (Lipinski definition) is 0. The predicted molar refractivity (Wildman–Crippen MR) is 91.7 cm³/mol. The van der Waals surface area contributed by atoms with Gasteiger partial charge in [0, 0.05) is 0 Å². The molecule has 30 heavy (non-hydrogen) atoms. The van der Waals surface area contributed by atoms with Crippen LogP contribution in [0.15, 0.2) is 24.3 Å². The summed E-state index contributed by atoms with van der Waals surface area (Å²) in [6, 6.07) is 4.16. The number of hydrogen-bond acceptors (Lipinski definition) is 4. The van der Waals surface area contributed by atoms with Crippen molar-refractivity contribution >= 4 is 11.9 Å². The summed E-state index contributed by atoms with van der Waals surface area (Å²) in [6.07, 6.45) is -1.79. The molecular weight excluding hydrogens is 425 g/mol. The first kappa shape index (κ1) is 25.7. The van der Waals surface area contributed by atoms with Gasteiger partial charge in [-0.1, -0.05) is 32.6 Å². The molecule has 0 aliphatic heterocycles. The lowest BCUT2D eigenvalue weighted by molar-refractivity contribution is -0.359. The minimum absolute atomic E-state index is 0.0362. The SMILES string of the molecule is CCCCCCCOC(=O)c1ccc(C(=O)OCC(F)(F)C(F)(F)C(F)(F)F)cc1. The van der Waals surface area contributed by atoms with Gasteiger partial charge >= 0.3 is 30.0 Å². The summed E-state index contributed by atoms with van der Waals surface area (Å²) in [7, 11) is 0. The maximum Gasteiger partial charge on any atom is 0.460 e. The topological polar surface area (TPSA) is 52.6 Å². The van der Waals surface area contributed by atoms with Crippen molar-refractivity contribution in [1.82, 2.24) is 0 Å². The fraction of sp³-hybridized carbons (Fsp3) is 0.579. The number of esters is 2. The van der Waals surface area contributed by atoms with Crippen molar-refractivity contribution in [3.8, 4) is 0 Å². The van der Waals surface area contributed by atoms with Crippen molar-refractivity contribution in [2.75, 3.05) is 13.2 Å². The Morgan fingerprint density at radius 2 is 1.23 bits per heavy atom. The molecule has 11 heteroatoms. The molecule has 0 saturated heterocycles. The third-order valence-electron chi connectivity index (χ3n) is 4.04. The summed E-state index contributed by atoms with van der Waals surface area (Å²) in [5.41, 5.74) is -0.383. The average Bonchev–Trinajstić information content (AvgIpc) is 2.67. The van der Waals surface area contributed by atoms with Crippen molar-refractivity contribution in [3.63, 3.8) is 0 Å². The molecule has 0 bridgehead atoms. The molecule has 170 valence electrons. The van der Waals surface area contributed by atoms with Crippen LogP contribution in [0.25, 0.3) is 0 Å². The molecule has 4 nitrogen and oxygen atoms in total. The highest BCUT2D eigenvalue weighted by Gasteiger charge is 2.73. The highest BCUT2D eigenvalue weighted by atomic mass is 19.4. The fourth-order valence-electron chi connectivity index (χ4n) is 2.23. The molecule has 1 aromatic carbocycles. The first-order valence-corrected chi connectivity index (χ1v) is 9.10. The quantitative estimate of drug-likeness (QED) is 0.245. The summed E-state index contributed by atoms with van der Waals surface area (Å²) in [4.78, 5) is 23.5. The maximum absolute atomic E-state index is 13.2. The van der Waals surface area contributed by atoms with Gasteiger partial charge in [0.05, 0.1) is 17.7 Å². The van der Waals surface area contributed by atoms with Crippen molar-refractivity contribution in [2.24, 2.45) is 0 Å². The largest absolute Gasteiger partial charge is 0.462 e. The lowest BCUT2D eigenvalue weighted by Crippen LogP contribution is -2.54. The molecule has 0 aliphatic rings. The highest BCUT2D eigenvalue weighted by molar-refractivity contribution is 5.93. The smallest absolute Gasteiger partial charge is 0.460 e. The molecule has 1 rings (SSSR count). The van der Waals surface area contributed by atoms with Gasteiger partial charge in [-0.3, -0.25) is 0 Å². The zero-order valence-corrected chi connectivity index (χ0v) is 16.0. The molecular formula is C19H21F7O4. The zero-order valence-electron chi connectivity index (χ0n) is 16.0. The van der Waals surface area contributed by atoms with E-state index in [9.17, 15) is 40.3 Å². The average molecular weight is 446 g/mol. The summed E-state index contributed by atoms with van der Waals surface area (Å²) in [5, 5.41) is 0. The second-order valence-corrected chi connectivity index (χ2v) is 6.48. The number of benzene rings is 1. The third kappa shape index (κ3) is 6.88. The number of ether oxygens (including phenoxy) is 2. The normalized spacial score (nSPS) is 12.5. The van der Waals surface area contributed by atoms with E-state index in [4.69, 9.17) is 4.74 Å². The van der Waals surface area contributed by atoms with Gasteiger partial charge in [0.25, 0.3) is 0 Å². The van der Waals surface area contributed by atoms with Crippen LogP contribution in [-0.2, 0) is 9.47 Å². The second-order valence-electron chi connectivity index (χ2n) is 6.48. The minimum Gasteiger partial charge on any atom is -0.462 e. The van der Waals surface area contributed by atoms with Crippen LogP contribution in [0.3, 0.4) is 0 Å². The van der Waals surface area contributed by atoms with Crippen molar-refractivity contribution in [1.29, 1.82) is 0 Å². The first-order chi connectivity index (χ1) is 13.8. The summed E-state index contributed by atoms with van der Waals surface area (Å²) in [6.45, 7) is -0.224. The van der Waals surface area contributed by atoms with Crippen LogP contribution in [0.2, 0.25) is 0 Å². The van der Waals surface area contributed by atoms with Crippen LogP contribution in [0.5, 0.6) is 0 Å². The molecule has 0 aromatic heterocycles. The molecule has 0 spiro atoms. The highest BCUT2D eigenvalue weighted by Crippen LogP contribution is 2.46. The van der Waals surface area contributed by atoms with E-state index in [1.165, 1.54) is 0 Å². The van der Waals surface area contributed by atoms with Crippen LogP contribution in [0.1, 0.15) is 59.7 Å². The second kappa shape index (κ2) is 10.6. The van der Waals surface area contributed by atoms with Gasteiger partial charge in [0.15, 0.2) is 6.61 Å². The van der Waals surface area contributed by atoms with Crippen LogP contribution in [-0.4, -0.2) is 43.2 Å². The Labute approximate surface area is 168 Å². The lowest BCUT2D eigenvalue weighted by atomic mass is 10.1. The Balaban J connectivity index is 2.58. The Bertz CT molecular complexity index is 700. The summed E-state index contributed by atoms with van der Waals surface area (Å²) >= 11 is 0. The van der Waals surface area contributed by atoms with Crippen molar-refractivity contribution < 1.29 is 49.8 Å². The maximum atomic E-state index is 13.2. The summed E-state index contributed by atoms with van der Waals surface area (Å²) < 4.78 is 96.9. The Morgan fingerprint density at radius 1 is 0.767 bits per heavy atom. The standard InChI is InChI=1S/C19H21F7O4/c1-2-3-4-5-6-11-29-15(27)13-7-9-14(10-8-13)16(28)30-12-17(20,21)18(22,23)19(24,25)26/h7-10H,2-6,11-12H2,1H3. The van der Waals surface area contributed by atoms with Crippen molar-refractivity contribution in [2.45, 2.75) is 57.0 Å². The lowest BCUT2D eigenvalue weighted by Gasteiger charge is -2.27. The van der Waals surface area contributed by atoms with Gasteiger partial charge in [-0.15, -0.1) is 0 Å². The van der Waals surface area contributed by atoms with Crippen LogP contribution >= 0.6 is 0 Å². The summed E-state index contributed by atoms with van der Waals surface area (Å²) in [5.74, 6) is -14.3. The van der Waals surface area contributed by atoms with E-state index in [0.717, 1.165) is 49.9 Å². The van der Waals surface area contributed by atoms with Gasteiger partial charge in [-0.05, 0) is 30.7 Å². The number of alkyl halides is 7. The zero-order chi connectivity index (χ0) is 23.0. The van der Waals surface area contributed by atoms with Crippen LogP contribution in [0, 0.1) is 0 Å². The van der Waals surface area contributed by atoms with Gasteiger partial charge in [-0.2, -0.15) is 30.7 Å². The number of carbonyl (C=O) groups is 2. The number of carbonyl (C=O) groups excluding carboxylic acids is 2. The van der Waals surface area contributed by atoms with Gasteiger partial charge in [0.2, 0.25) is 0 Å². The number of rotatable bonds is 11. The third-order valence-corrected chi connectivity index (χ3v) is 4.04. The molecule has 0 aliphatic carbocycles. The van der Waals surface area contributed by atoms with E-state index < -0.39 is 42.1 Å². The Morgan fingerprint density at radius 3 is 1.70 bits per heavy atom. The molecule has 0 heterocycles. The minimum atomic E-state index is -6.51. The Kier molecular flexibility index (Phi) is 9.10. The van der Waals surface area contributed by atoms with E-state index in [1.54, 1.807) is 0 Å². The van der Waals surface area contributed by atoms with Gasteiger partial charge in [0.1, 0.15) is 0 Å². The molecule has 0 amide bonds. The van der Waals surface area contributed by atoms with E-state index in [0.29, 0.717) is 6.42 Å². The van der Waals surface area contributed by atoms with Gasteiger partial charge in [-0.25, -0.2) is 9.59 Å². The van der Waals surface area contributed by atoms with Crippen LogP contribution in [0.4, 0.5) is 30.7 Å².